The van der Waals surface area contributed by atoms with E-state index in [1.807, 2.05) is 0 Å². The molecule has 2 saturated heterocycles. The van der Waals surface area contributed by atoms with Crippen LogP contribution >= 0.6 is 0 Å². The summed E-state index contributed by atoms with van der Waals surface area (Å²) in [6.07, 6.45) is -0.185. The van der Waals surface area contributed by atoms with Crippen LogP contribution in [0.1, 0.15) is 12.0 Å². The fourth-order valence-corrected chi connectivity index (χ4v) is 2.90. The predicted octanol–water partition coefficient (Wildman–Crippen LogP) is -0.471. The number of rotatable bonds is 4. The minimum absolute atomic E-state index is 0.159. The summed E-state index contributed by atoms with van der Waals surface area (Å²) in [7, 11) is 0. The van der Waals surface area contributed by atoms with Crippen LogP contribution in [0.5, 0.6) is 5.75 Å². The summed E-state index contributed by atoms with van der Waals surface area (Å²) >= 11 is 0. The van der Waals surface area contributed by atoms with Gasteiger partial charge in [0.25, 0.3) is 0 Å². The lowest BCUT2D eigenvalue weighted by Crippen LogP contribution is -2.45. The smallest absolute Gasteiger partial charge is 0.188 e. The van der Waals surface area contributed by atoms with Crippen LogP contribution in [0, 0.1) is 0 Å². The molecule has 0 amide bonds. The minimum Gasteiger partial charge on any atom is -0.508 e. The number of nitrogens with one attached hydrogen (secondary N) is 1. The van der Waals surface area contributed by atoms with E-state index in [1.54, 1.807) is 12.1 Å². The molecular formula is C15H18N2O4. The second kappa shape index (κ2) is 5.55. The van der Waals surface area contributed by atoms with Gasteiger partial charge in [-0.1, -0.05) is 12.1 Å². The summed E-state index contributed by atoms with van der Waals surface area (Å²) in [5.74, 6) is -0.417. The molecule has 0 radical (unpaired) electrons. The summed E-state index contributed by atoms with van der Waals surface area (Å²) in [6.45, 7) is 0.738. The van der Waals surface area contributed by atoms with Crippen molar-refractivity contribution in [2.24, 2.45) is 5.73 Å². The van der Waals surface area contributed by atoms with Gasteiger partial charge in [-0.3, -0.25) is 9.59 Å². The Bertz CT molecular complexity index is 557. The fraction of sp³-hybridized carbons (Fsp3) is 0.467. The molecule has 6 heteroatoms. The Morgan fingerprint density at radius 3 is 2.81 bits per heavy atom. The van der Waals surface area contributed by atoms with Crippen molar-refractivity contribution in [3.05, 3.63) is 29.8 Å². The number of fused-ring (bicyclic) bond motifs is 1. The van der Waals surface area contributed by atoms with Gasteiger partial charge < -0.3 is 20.9 Å². The standard InChI is InChI=1S/C15H18N2O4/c16-10(7-8-1-3-9(18)4-2-8)13(19)15-14(20)12-11(21-15)5-6-17-12/h1-4,10-12,15,17-18H,5-7,16H2. The monoisotopic (exact) mass is 290 g/mol. The SMILES string of the molecule is NC(Cc1ccc(O)cc1)C(=O)C1OC2CCNC2C1=O. The quantitative estimate of drug-likeness (QED) is 0.648. The van der Waals surface area contributed by atoms with E-state index in [2.05, 4.69) is 5.32 Å². The van der Waals surface area contributed by atoms with Crippen LogP contribution in [0.2, 0.25) is 0 Å². The van der Waals surface area contributed by atoms with Crippen molar-refractivity contribution in [3.63, 3.8) is 0 Å². The van der Waals surface area contributed by atoms with Gasteiger partial charge in [0.2, 0.25) is 0 Å². The molecule has 2 aliphatic rings. The molecule has 2 fully saturated rings. The zero-order valence-corrected chi connectivity index (χ0v) is 11.5. The molecule has 2 aliphatic heterocycles. The molecule has 0 bridgehead atoms. The van der Waals surface area contributed by atoms with Gasteiger partial charge >= 0.3 is 0 Å². The maximum absolute atomic E-state index is 12.3. The Labute approximate surface area is 122 Å². The number of carbonyl (C=O) groups is 2. The number of ether oxygens (including phenoxy) is 1. The zero-order valence-electron chi connectivity index (χ0n) is 11.5. The molecule has 0 spiro atoms. The van der Waals surface area contributed by atoms with Crippen molar-refractivity contribution in [1.82, 2.24) is 5.32 Å². The van der Waals surface area contributed by atoms with Crippen LogP contribution in [-0.4, -0.2) is 47.5 Å². The first kappa shape index (κ1) is 14.2. The van der Waals surface area contributed by atoms with E-state index in [9.17, 15) is 14.7 Å². The normalized spacial score (nSPS) is 29.4. The van der Waals surface area contributed by atoms with E-state index in [0.29, 0.717) is 6.42 Å². The number of Topliss-reactive ketones (excluding diaryl/α,β-unsaturated/α-hetero) is 2. The van der Waals surface area contributed by atoms with E-state index in [0.717, 1.165) is 18.5 Å². The molecular weight excluding hydrogens is 272 g/mol. The second-order valence-electron chi connectivity index (χ2n) is 5.56. The summed E-state index contributed by atoms with van der Waals surface area (Å²) < 4.78 is 5.56. The fourth-order valence-electron chi connectivity index (χ4n) is 2.90. The Balaban J connectivity index is 1.65. The average Bonchev–Trinajstić information content (AvgIpc) is 3.04. The molecule has 2 heterocycles. The first-order chi connectivity index (χ1) is 10.1. The van der Waals surface area contributed by atoms with E-state index in [1.165, 1.54) is 12.1 Å². The number of benzene rings is 1. The zero-order chi connectivity index (χ0) is 15.0. The van der Waals surface area contributed by atoms with Gasteiger partial charge in [-0.25, -0.2) is 0 Å². The van der Waals surface area contributed by atoms with Gasteiger partial charge in [0.15, 0.2) is 17.7 Å². The molecule has 1 aromatic carbocycles. The number of aromatic hydroxyl groups is 1. The van der Waals surface area contributed by atoms with Gasteiger partial charge in [-0.2, -0.15) is 0 Å². The van der Waals surface area contributed by atoms with Crippen LogP contribution in [0.4, 0.5) is 0 Å². The van der Waals surface area contributed by atoms with Crippen LogP contribution < -0.4 is 11.1 Å². The molecule has 112 valence electrons. The van der Waals surface area contributed by atoms with E-state index < -0.39 is 12.1 Å². The van der Waals surface area contributed by atoms with Crippen molar-refractivity contribution in [2.75, 3.05) is 6.54 Å². The van der Waals surface area contributed by atoms with Crippen LogP contribution in [0.15, 0.2) is 24.3 Å². The highest BCUT2D eigenvalue weighted by Gasteiger charge is 2.49. The van der Waals surface area contributed by atoms with Crippen molar-refractivity contribution in [3.8, 4) is 5.75 Å². The lowest BCUT2D eigenvalue weighted by atomic mass is 9.97. The third kappa shape index (κ3) is 2.70. The Kier molecular flexibility index (Phi) is 3.75. The minimum atomic E-state index is -1.04. The second-order valence-corrected chi connectivity index (χ2v) is 5.56. The Morgan fingerprint density at radius 1 is 1.43 bits per heavy atom. The van der Waals surface area contributed by atoms with Gasteiger partial charge in [-0.15, -0.1) is 0 Å². The third-order valence-electron chi connectivity index (χ3n) is 4.06. The van der Waals surface area contributed by atoms with E-state index in [4.69, 9.17) is 10.5 Å². The lowest BCUT2D eigenvalue weighted by Gasteiger charge is -2.15. The molecule has 6 nitrogen and oxygen atoms in total. The summed E-state index contributed by atoms with van der Waals surface area (Å²) in [4.78, 5) is 24.4. The van der Waals surface area contributed by atoms with Crippen molar-refractivity contribution in [1.29, 1.82) is 0 Å². The molecule has 4 atom stereocenters. The summed E-state index contributed by atoms with van der Waals surface area (Å²) in [5.41, 5.74) is 6.75. The number of nitrogens with two attached hydrogens (primary N) is 1. The summed E-state index contributed by atoms with van der Waals surface area (Å²) in [5, 5.41) is 12.3. The molecule has 0 aliphatic carbocycles. The van der Waals surface area contributed by atoms with Gasteiger partial charge in [0.1, 0.15) is 5.75 Å². The average molecular weight is 290 g/mol. The Morgan fingerprint density at radius 2 is 2.14 bits per heavy atom. The molecule has 21 heavy (non-hydrogen) atoms. The largest absolute Gasteiger partial charge is 0.508 e. The molecule has 0 aromatic heterocycles. The maximum atomic E-state index is 12.3. The molecule has 0 saturated carbocycles. The highest BCUT2D eigenvalue weighted by Crippen LogP contribution is 2.25. The topological polar surface area (TPSA) is 102 Å². The van der Waals surface area contributed by atoms with Crippen molar-refractivity contribution in [2.45, 2.75) is 37.1 Å². The number of phenolic OH excluding ortho intramolecular Hbond substituents is 1. The van der Waals surface area contributed by atoms with Gasteiger partial charge in [0, 0.05) is 0 Å². The number of carbonyl (C=O) groups excluding carboxylic acids is 2. The lowest BCUT2D eigenvalue weighted by molar-refractivity contribution is -0.138. The highest BCUT2D eigenvalue weighted by atomic mass is 16.5. The van der Waals surface area contributed by atoms with Gasteiger partial charge in [0.05, 0.1) is 18.2 Å². The predicted molar refractivity (Wildman–Crippen MR) is 74.9 cm³/mol. The molecule has 3 rings (SSSR count). The van der Waals surface area contributed by atoms with Crippen LogP contribution in [0.3, 0.4) is 0 Å². The van der Waals surface area contributed by atoms with Crippen LogP contribution in [0.25, 0.3) is 0 Å². The first-order valence-corrected chi connectivity index (χ1v) is 7.06. The van der Waals surface area contributed by atoms with Crippen molar-refractivity contribution >= 4 is 11.6 Å². The van der Waals surface area contributed by atoms with Gasteiger partial charge in [-0.05, 0) is 37.1 Å². The number of phenols is 1. The molecule has 4 N–H and O–H groups in total. The third-order valence-corrected chi connectivity index (χ3v) is 4.06. The number of ketones is 2. The number of hydrogen-bond donors (Lipinski definition) is 3. The Hall–Kier alpha value is -1.76. The van der Waals surface area contributed by atoms with Crippen LogP contribution in [-0.2, 0) is 20.7 Å². The molecule has 1 aromatic rings. The first-order valence-electron chi connectivity index (χ1n) is 7.06. The van der Waals surface area contributed by atoms with E-state index >= 15 is 0 Å². The summed E-state index contributed by atoms with van der Waals surface area (Å²) in [6, 6.07) is 5.34. The highest BCUT2D eigenvalue weighted by molar-refractivity contribution is 6.11. The maximum Gasteiger partial charge on any atom is 0.188 e. The number of hydrogen-bond acceptors (Lipinski definition) is 6. The molecule has 4 unspecified atom stereocenters. The van der Waals surface area contributed by atoms with E-state index in [-0.39, 0.29) is 29.5 Å². The van der Waals surface area contributed by atoms with Crippen molar-refractivity contribution < 1.29 is 19.4 Å².